The largest absolute Gasteiger partial charge is 0.343 e. The Morgan fingerprint density at radius 3 is 2.50 bits per heavy atom. The number of urea groups is 1. The van der Waals surface area contributed by atoms with E-state index in [0.717, 1.165) is 10.0 Å². The van der Waals surface area contributed by atoms with E-state index < -0.39 is 23.8 Å². The average molecular weight is 273 g/mol. The van der Waals surface area contributed by atoms with Crippen LogP contribution in [0.3, 0.4) is 0 Å². The summed E-state index contributed by atoms with van der Waals surface area (Å²) in [6.07, 6.45) is 0.0537. The minimum atomic E-state index is -0.756. The molecule has 0 atom stereocenters. The van der Waals surface area contributed by atoms with Gasteiger partial charge in [-0.1, -0.05) is 12.1 Å². The number of fused-ring (bicyclic) bond motifs is 1. The normalized spacial score (nSPS) is 18.4. The number of hydrazine groups is 1. The minimum Gasteiger partial charge on any atom is -0.276 e. The summed E-state index contributed by atoms with van der Waals surface area (Å²) in [4.78, 5) is 47.5. The molecule has 3 rings (SSSR count). The number of hydrogen-bond donors (Lipinski definition) is 1. The van der Waals surface area contributed by atoms with E-state index >= 15 is 0 Å². The molecule has 20 heavy (non-hydrogen) atoms. The van der Waals surface area contributed by atoms with E-state index in [9.17, 15) is 19.2 Å². The van der Waals surface area contributed by atoms with Gasteiger partial charge in [-0.2, -0.15) is 5.01 Å². The quantitative estimate of drug-likeness (QED) is 0.752. The Bertz CT molecular complexity index is 668. The fraction of sp³-hybridized carbons (Fsp3) is 0.231. The van der Waals surface area contributed by atoms with Crippen molar-refractivity contribution in [3.63, 3.8) is 0 Å². The van der Waals surface area contributed by atoms with Crippen molar-refractivity contribution < 1.29 is 19.2 Å². The van der Waals surface area contributed by atoms with E-state index in [1.165, 1.54) is 0 Å². The molecule has 5 amide bonds. The maximum atomic E-state index is 12.4. The minimum absolute atomic E-state index is 0.00911. The van der Waals surface area contributed by atoms with Gasteiger partial charge < -0.3 is 0 Å². The fourth-order valence-corrected chi connectivity index (χ4v) is 2.41. The first-order valence-corrected chi connectivity index (χ1v) is 6.10. The Hall–Kier alpha value is -2.70. The Balaban J connectivity index is 2.00. The molecule has 1 aromatic carbocycles. The second kappa shape index (κ2) is 4.16. The van der Waals surface area contributed by atoms with Gasteiger partial charge in [0.05, 0.1) is 17.7 Å². The summed E-state index contributed by atoms with van der Waals surface area (Å²) in [6.45, 7) is 1.74. The van der Waals surface area contributed by atoms with E-state index in [2.05, 4.69) is 5.32 Å². The summed E-state index contributed by atoms with van der Waals surface area (Å²) in [7, 11) is 0. The Labute approximate surface area is 114 Å². The third kappa shape index (κ3) is 1.59. The summed E-state index contributed by atoms with van der Waals surface area (Å²) in [5.41, 5.74) is 1.26. The van der Waals surface area contributed by atoms with Gasteiger partial charge in [-0.15, -0.1) is 0 Å². The van der Waals surface area contributed by atoms with Gasteiger partial charge in [-0.25, -0.2) is 9.80 Å². The van der Waals surface area contributed by atoms with Gasteiger partial charge in [-0.05, 0) is 18.6 Å². The summed E-state index contributed by atoms with van der Waals surface area (Å²) in [5.74, 6) is -1.50. The van der Waals surface area contributed by atoms with Crippen LogP contribution >= 0.6 is 0 Å². The molecule has 0 aromatic heterocycles. The summed E-state index contributed by atoms with van der Waals surface area (Å²) in [5, 5.41) is 3.87. The predicted molar refractivity (Wildman–Crippen MR) is 66.5 cm³/mol. The number of amides is 5. The highest BCUT2D eigenvalue weighted by molar-refractivity contribution is 6.22. The summed E-state index contributed by atoms with van der Waals surface area (Å²) in [6, 6.07) is 4.21. The molecule has 0 aliphatic carbocycles. The van der Waals surface area contributed by atoms with E-state index in [1.807, 2.05) is 0 Å². The number of nitrogens with one attached hydrogen (secondary N) is 1. The molecule has 102 valence electrons. The molecular weight excluding hydrogens is 262 g/mol. The van der Waals surface area contributed by atoms with Crippen molar-refractivity contribution in [3.8, 4) is 0 Å². The second-order valence-electron chi connectivity index (χ2n) is 4.65. The van der Waals surface area contributed by atoms with Crippen LogP contribution in [0.4, 0.5) is 4.79 Å². The Kier molecular flexibility index (Phi) is 2.56. The van der Waals surface area contributed by atoms with Gasteiger partial charge >= 0.3 is 6.03 Å². The van der Waals surface area contributed by atoms with Gasteiger partial charge in [0.1, 0.15) is 0 Å². The maximum Gasteiger partial charge on any atom is 0.343 e. The van der Waals surface area contributed by atoms with Crippen LogP contribution in [-0.2, 0) is 4.79 Å². The van der Waals surface area contributed by atoms with Gasteiger partial charge in [-0.3, -0.25) is 19.7 Å². The van der Waals surface area contributed by atoms with Gasteiger partial charge in [0.25, 0.3) is 11.8 Å². The van der Waals surface area contributed by atoms with Crippen molar-refractivity contribution >= 4 is 23.8 Å². The highest BCUT2D eigenvalue weighted by Crippen LogP contribution is 2.27. The Morgan fingerprint density at radius 1 is 1.10 bits per heavy atom. The lowest BCUT2D eigenvalue weighted by molar-refractivity contribution is -0.122. The molecule has 0 unspecified atom stereocenters. The number of carbonyl (C=O) groups excluding carboxylic acids is 4. The van der Waals surface area contributed by atoms with Crippen LogP contribution < -0.4 is 5.32 Å². The van der Waals surface area contributed by atoms with Crippen LogP contribution in [0.15, 0.2) is 18.2 Å². The summed E-state index contributed by atoms with van der Waals surface area (Å²) >= 11 is 0. The molecule has 1 saturated heterocycles. The highest BCUT2D eigenvalue weighted by atomic mass is 16.2. The van der Waals surface area contributed by atoms with Crippen LogP contribution in [0.1, 0.15) is 32.7 Å². The second-order valence-corrected chi connectivity index (χ2v) is 4.65. The number of hydrogen-bond acceptors (Lipinski definition) is 4. The number of benzene rings is 1. The molecular formula is C13H11N3O4. The molecule has 0 radical (unpaired) electrons. The number of aryl methyl sites for hydroxylation is 1. The molecule has 0 saturated carbocycles. The van der Waals surface area contributed by atoms with Gasteiger partial charge in [0, 0.05) is 6.42 Å². The lowest BCUT2D eigenvalue weighted by Crippen LogP contribution is -2.58. The zero-order valence-corrected chi connectivity index (χ0v) is 10.7. The predicted octanol–water partition coefficient (Wildman–Crippen LogP) is 0.448. The summed E-state index contributed by atoms with van der Waals surface area (Å²) < 4.78 is 0. The smallest absolute Gasteiger partial charge is 0.276 e. The molecule has 7 nitrogen and oxygen atoms in total. The molecule has 2 aliphatic heterocycles. The van der Waals surface area contributed by atoms with Crippen LogP contribution in [0.5, 0.6) is 0 Å². The van der Waals surface area contributed by atoms with Crippen molar-refractivity contribution in [3.05, 3.63) is 34.9 Å². The standard InChI is InChI=1S/C13H11N3O4/c1-7-3-2-4-8-10(7)12(19)16(11(8)18)15-6-5-9(17)14-13(15)20/h2-4H,5-6H2,1H3,(H,14,17,20). The number of nitrogens with zero attached hydrogens (tertiary/aromatic N) is 2. The zero-order chi connectivity index (χ0) is 14.4. The van der Waals surface area contributed by atoms with Crippen LogP contribution in [0.25, 0.3) is 0 Å². The van der Waals surface area contributed by atoms with Gasteiger partial charge in [0.2, 0.25) is 5.91 Å². The number of imide groups is 2. The molecule has 7 heteroatoms. The number of carbonyl (C=O) groups is 4. The maximum absolute atomic E-state index is 12.4. The molecule has 1 fully saturated rings. The lowest BCUT2D eigenvalue weighted by Gasteiger charge is -2.32. The highest BCUT2D eigenvalue weighted by Gasteiger charge is 2.43. The van der Waals surface area contributed by atoms with Crippen molar-refractivity contribution in [1.29, 1.82) is 0 Å². The molecule has 1 aromatic rings. The van der Waals surface area contributed by atoms with Crippen molar-refractivity contribution in [2.45, 2.75) is 13.3 Å². The fourth-order valence-electron chi connectivity index (χ4n) is 2.41. The van der Waals surface area contributed by atoms with Crippen molar-refractivity contribution in [1.82, 2.24) is 15.3 Å². The molecule has 1 N–H and O–H groups in total. The Morgan fingerprint density at radius 2 is 1.85 bits per heavy atom. The van der Waals surface area contributed by atoms with Crippen LogP contribution in [-0.4, -0.2) is 40.3 Å². The SMILES string of the molecule is Cc1cccc2c1C(=O)N(N1CCC(=O)NC1=O)C2=O. The average Bonchev–Trinajstić information content (AvgIpc) is 2.64. The first-order valence-electron chi connectivity index (χ1n) is 6.10. The first-order chi connectivity index (χ1) is 9.50. The van der Waals surface area contributed by atoms with Crippen molar-refractivity contribution in [2.24, 2.45) is 0 Å². The molecule has 2 heterocycles. The van der Waals surface area contributed by atoms with E-state index in [4.69, 9.17) is 0 Å². The van der Waals surface area contributed by atoms with Gasteiger partial charge in [0.15, 0.2) is 0 Å². The van der Waals surface area contributed by atoms with E-state index in [-0.39, 0.29) is 18.5 Å². The lowest BCUT2D eigenvalue weighted by atomic mass is 10.0. The molecule has 2 aliphatic rings. The van der Waals surface area contributed by atoms with Crippen LogP contribution in [0, 0.1) is 6.92 Å². The molecule has 0 bridgehead atoms. The third-order valence-corrected chi connectivity index (χ3v) is 3.37. The van der Waals surface area contributed by atoms with Crippen LogP contribution in [0.2, 0.25) is 0 Å². The topological polar surface area (TPSA) is 86.8 Å². The zero-order valence-electron chi connectivity index (χ0n) is 10.7. The third-order valence-electron chi connectivity index (χ3n) is 3.37. The molecule has 0 spiro atoms. The van der Waals surface area contributed by atoms with E-state index in [0.29, 0.717) is 11.1 Å². The monoisotopic (exact) mass is 273 g/mol. The van der Waals surface area contributed by atoms with E-state index in [1.54, 1.807) is 25.1 Å². The van der Waals surface area contributed by atoms with Crippen molar-refractivity contribution in [2.75, 3.05) is 6.54 Å². The first kappa shape index (κ1) is 12.3. The number of rotatable bonds is 1.